The summed E-state index contributed by atoms with van der Waals surface area (Å²) in [5.74, 6) is 1.99. The van der Waals surface area contributed by atoms with Crippen molar-refractivity contribution in [1.29, 1.82) is 0 Å². The van der Waals surface area contributed by atoms with E-state index in [0.29, 0.717) is 17.6 Å². The number of fused-ring (bicyclic) bond motifs is 1. The van der Waals surface area contributed by atoms with Crippen LogP contribution in [0.3, 0.4) is 0 Å². The molecule has 2 aromatic rings. The minimum absolute atomic E-state index is 0.324. The zero-order valence-electron chi connectivity index (χ0n) is 14.3. The van der Waals surface area contributed by atoms with Gasteiger partial charge in [0.05, 0.1) is 32.4 Å². The van der Waals surface area contributed by atoms with Crippen LogP contribution >= 0.6 is 0 Å². The van der Waals surface area contributed by atoms with Crippen LogP contribution in [0.15, 0.2) is 40.9 Å². The molecule has 1 unspecified atom stereocenters. The van der Waals surface area contributed by atoms with E-state index in [1.165, 1.54) is 19.3 Å². The van der Waals surface area contributed by atoms with Gasteiger partial charge in [-0.3, -0.25) is 9.40 Å². The lowest BCUT2D eigenvalue weighted by Gasteiger charge is -2.34. The molecule has 0 saturated heterocycles. The van der Waals surface area contributed by atoms with Crippen molar-refractivity contribution >= 4 is 17.0 Å². The van der Waals surface area contributed by atoms with E-state index in [9.17, 15) is 0 Å². The standard InChI is InChI=1S/C16H20N4O4/c1-10-17-11-8-6-7-9-12(11)19(10)16-18-14(22-3)13(21-2)15(23-4)20(16)24-5/h6-9,15H,1-5H3. The van der Waals surface area contributed by atoms with Gasteiger partial charge in [-0.15, -0.1) is 0 Å². The summed E-state index contributed by atoms with van der Waals surface area (Å²) in [6.45, 7) is 1.90. The van der Waals surface area contributed by atoms with Crippen LogP contribution in [0.2, 0.25) is 0 Å². The van der Waals surface area contributed by atoms with Gasteiger partial charge in [-0.1, -0.05) is 12.1 Å². The number of aliphatic imine (C=N–C) groups is 1. The molecular weight excluding hydrogens is 312 g/mol. The number of hydrogen-bond acceptors (Lipinski definition) is 7. The van der Waals surface area contributed by atoms with E-state index in [1.54, 1.807) is 14.2 Å². The van der Waals surface area contributed by atoms with Crippen LogP contribution in [0.25, 0.3) is 11.0 Å². The molecule has 2 heterocycles. The number of hydrogen-bond donors (Lipinski definition) is 0. The van der Waals surface area contributed by atoms with E-state index in [0.717, 1.165) is 16.9 Å². The molecule has 0 amide bonds. The maximum Gasteiger partial charge on any atom is 0.260 e. The number of para-hydroxylation sites is 2. The number of hydroxylamine groups is 2. The van der Waals surface area contributed by atoms with Gasteiger partial charge >= 0.3 is 0 Å². The Morgan fingerprint density at radius 3 is 2.42 bits per heavy atom. The van der Waals surface area contributed by atoms with Crippen molar-refractivity contribution in [3.8, 4) is 0 Å². The van der Waals surface area contributed by atoms with E-state index >= 15 is 0 Å². The highest BCUT2D eigenvalue weighted by molar-refractivity contribution is 5.93. The minimum Gasteiger partial charge on any atom is -0.492 e. The van der Waals surface area contributed by atoms with E-state index in [2.05, 4.69) is 9.98 Å². The third-order valence-electron chi connectivity index (χ3n) is 3.81. The third-order valence-corrected chi connectivity index (χ3v) is 3.81. The fourth-order valence-corrected chi connectivity index (χ4v) is 2.77. The first kappa shape index (κ1) is 16.3. The van der Waals surface area contributed by atoms with Crippen LogP contribution in [0.4, 0.5) is 0 Å². The lowest BCUT2D eigenvalue weighted by atomic mass is 10.3. The summed E-state index contributed by atoms with van der Waals surface area (Å²) in [6, 6.07) is 7.80. The van der Waals surface area contributed by atoms with Gasteiger partial charge in [-0.2, -0.15) is 10.1 Å². The monoisotopic (exact) mass is 332 g/mol. The summed E-state index contributed by atoms with van der Waals surface area (Å²) < 4.78 is 18.2. The number of nitrogens with zero attached hydrogens (tertiary/aromatic N) is 4. The molecular formula is C16H20N4O4. The Morgan fingerprint density at radius 2 is 1.79 bits per heavy atom. The van der Waals surface area contributed by atoms with Gasteiger partial charge in [0.15, 0.2) is 0 Å². The molecule has 0 bridgehead atoms. The van der Waals surface area contributed by atoms with Crippen molar-refractivity contribution in [2.45, 2.75) is 13.2 Å². The molecule has 0 saturated carbocycles. The molecule has 1 aliphatic heterocycles. The first-order valence-electron chi connectivity index (χ1n) is 7.37. The molecule has 8 nitrogen and oxygen atoms in total. The number of methoxy groups -OCH3 is 3. The Bertz CT molecular complexity index is 812. The second-order valence-electron chi connectivity index (χ2n) is 5.07. The SMILES string of the molecule is COC1=C(OC)C(OC)N(OC)C(n2c(C)nc3ccccc32)=N1. The quantitative estimate of drug-likeness (QED) is 0.851. The highest BCUT2D eigenvalue weighted by Gasteiger charge is 2.37. The number of rotatable bonds is 4. The summed E-state index contributed by atoms with van der Waals surface area (Å²) in [5.41, 5.74) is 1.77. The van der Waals surface area contributed by atoms with Crippen molar-refractivity contribution in [3.05, 3.63) is 41.7 Å². The van der Waals surface area contributed by atoms with Crippen LogP contribution in [0.1, 0.15) is 5.82 Å². The smallest absolute Gasteiger partial charge is 0.260 e. The van der Waals surface area contributed by atoms with E-state index in [1.807, 2.05) is 35.8 Å². The fraction of sp³-hybridized carbons (Fsp3) is 0.375. The highest BCUT2D eigenvalue weighted by atomic mass is 16.7. The number of imidazole rings is 1. The molecule has 0 fully saturated rings. The maximum absolute atomic E-state index is 5.53. The summed E-state index contributed by atoms with van der Waals surface area (Å²) >= 11 is 0. The Labute approximate surface area is 139 Å². The lowest BCUT2D eigenvalue weighted by molar-refractivity contribution is -0.181. The van der Waals surface area contributed by atoms with Crippen molar-refractivity contribution in [1.82, 2.24) is 14.6 Å². The second-order valence-corrected chi connectivity index (χ2v) is 5.07. The van der Waals surface area contributed by atoms with Gasteiger partial charge in [0.25, 0.3) is 5.88 Å². The normalized spacial score (nSPS) is 18.1. The van der Waals surface area contributed by atoms with E-state index in [-0.39, 0.29) is 0 Å². The van der Waals surface area contributed by atoms with Crippen molar-refractivity contribution in [2.75, 3.05) is 28.4 Å². The topological polar surface area (TPSA) is 70.3 Å². The van der Waals surface area contributed by atoms with Crippen LogP contribution in [0, 0.1) is 6.92 Å². The van der Waals surface area contributed by atoms with E-state index < -0.39 is 6.23 Å². The zero-order chi connectivity index (χ0) is 17.3. The van der Waals surface area contributed by atoms with Gasteiger partial charge in [0.2, 0.25) is 17.9 Å². The van der Waals surface area contributed by atoms with Crippen molar-refractivity contribution in [2.24, 2.45) is 4.99 Å². The molecule has 1 aromatic carbocycles. The number of aryl methyl sites for hydroxylation is 1. The summed E-state index contributed by atoms with van der Waals surface area (Å²) in [4.78, 5) is 14.6. The van der Waals surface area contributed by atoms with Crippen molar-refractivity contribution < 1.29 is 19.0 Å². The Kier molecular flexibility index (Phi) is 4.41. The first-order valence-corrected chi connectivity index (χ1v) is 7.37. The molecule has 1 aliphatic rings. The van der Waals surface area contributed by atoms with Gasteiger partial charge in [0.1, 0.15) is 5.82 Å². The van der Waals surface area contributed by atoms with Gasteiger partial charge in [0, 0.05) is 7.11 Å². The number of ether oxygens (including phenoxy) is 3. The average Bonchev–Trinajstić information content (AvgIpc) is 2.95. The Morgan fingerprint density at radius 1 is 1.04 bits per heavy atom. The summed E-state index contributed by atoms with van der Waals surface area (Å²) in [6.07, 6.45) is -0.636. The van der Waals surface area contributed by atoms with Gasteiger partial charge < -0.3 is 14.2 Å². The molecule has 3 rings (SSSR count). The molecule has 128 valence electrons. The summed E-state index contributed by atoms with van der Waals surface area (Å²) in [7, 11) is 6.17. The first-order chi connectivity index (χ1) is 11.7. The Hall–Kier alpha value is -2.58. The maximum atomic E-state index is 5.53. The molecule has 8 heteroatoms. The lowest BCUT2D eigenvalue weighted by Crippen LogP contribution is -2.48. The second kappa shape index (κ2) is 6.50. The Balaban J connectivity index is 2.25. The molecule has 0 spiro atoms. The van der Waals surface area contributed by atoms with Crippen LogP contribution < -0.4 is 0 Å². The van der Waals surface area contributed by atoms with E-state index in [4.69, 9.17) is 19.0 Å². The molecule has 1 aromatic heterocycles. The third kappa shape index (κ3) is 2.40. The van der Waals surface area contributed by atoms with Crippen LogP contribution in [-0.2, 0) is 19.0 Å². The van der Waals surface area contributed by atoms with Crippen molar-refractivity contribution in [3.63, 3.8) is 0 Å². The molecule has 24 heavy (non-hydrogen) atoms. The van der Waals surface area contributed by atoms with Gasteiger partial charge in [-0.05, 0) is 19.1 Å². The minimum atomic E-state index is -0.636. The molecule has 1 atom stereocenters. The largest absolute Gasteiger partial charge is 0.492 e. The van der Waals surface area contributed by atoms with Gasteiger partial charge in [-0.25, -0.2) is 4.98 Å². The fourth-order valence-electron chi connectivity index (χ4n) is 2.77. The molecule has 0 N–H and O–H groups in total. The zero-order valence-corrected chi connectivity index (χ0v) is 14.3. The summed E-state index contributed by atoms with van der Waals surface area (Å²) in [5, 5.41) is 1.52. The predicted molar refractivity (Wildman–Crippen MR) is 88.0 cm³/mol. The molecule has 0 radical (unpaired) electrons. The number of benzene rings is 1. The molecule has 0 aliphatic carbocycles. The van der Waals surface area contributed by atoms with Crippen LogP contribution in [0.5, 0.6) is 0 Å². The highest BCUT2D eigenvalue weighted by Crippen LogP contribution is 2.27. The van der Waals surface area contributed by atoms with Crippen LogP contribution in [-0.4, -0.2) is 55.2 Å². The predicted octanol–water partition coefficient (Wildman–Crippen LogP) is 1.86. The average molecular weight is 332 g/mol. The number of aromatic nitrogens is 2.